The lowest BCUT2D eigenvalue weighted by atomic mass is 9.81. The first kappa shape index (κ1) is 15.2. The standard InChI is InChI=1S/C12H21N3O2.ClH/c1-12(4-3-5-13-8-12)11(17)14-9-6-10(16)15(2)7-9;/h9,13H,3-8H2,1-2H3,(H,14,17);1H. The maximum Gasteiger partial charge on any atom is 0.227 e. The largest absolute Gasteiger partial charge is 0.351 e. The van der Waals surface area contributed by atoms with Crippen molar-refractivity contribution in [3.63, 3.8) is 0 Å². The van der Waals surface area contributed by atoms with Crippen LogP contribution in [0.2, 0.25) is 0 Å². The number of likely N-dealkylation sites (N-methyl/N-ethyl adjacent to an activating group) is 1. The van der Waals surface area contributed by atoms with Crippen LogP contribution in [0.15, 0.2) is 0 Å². The zero-order chi connectivity index (χ0) is 12.5. The first-order valence-corrected chi connectivity index (χ1v) is 6.27. The van der Waals surface area contributed by atoms with Crippen molar-refractivity contribution >= 4 is 24.2 Å². The third-order valence-electron chi connectivity index (χ3n) is 3.82. The molecule has 0 saturated carbocycles. The number of hydrogen-bond donors (Lipinski definition) is 2. The van der Waals surface area contributed by atoms with E-state index in [-0.39, 0.29) is 35.7 Å². The number of halogens is 1. The summed E-state index contributed by atoms with van der Waals surface area (Å²) in [6.45, 7) is 4.35. The van der Waals surface area contributed by atoms with E-state index in [1.165, 1.54) is 0 Å². The van der Waals surface area contributed by atoms with Gasteiger partial charge in [0.25, 0.3) is 0 Å². The Morgan fingerprint density at radius 2 is 2.28 bits per heavy atom. The van der Waals surface area contributed by atoms with E-state index in [1.807, 2.05) is 6.92 Å². The number of nitrogens with one attached hydrogen (secondary N) is 2. The summed E-state index contributed by atoms with van der Waals surface area (Å²) in [5, 5.41) is 6.27. The molecule has 5 nitrogen and oxygen atoms in total. The molecular formula is C12H22ClN3O2. The first-order chi connectivity index (χ1) is 8.01. The quantitative estimate of drug-likeness (QED) is 0.754. The minimum atomic E-state index is -0.317. The molecular weight excluding hydrogens is 254 g/mol. The van der Waals surface area contributed by atoms with Crippen molar-refractivity contribution in [2.45, 2.75) is 32.2 Å². The van der Waals surface area contributed by atoms with Crippen molar-refractivity contribution in [2.24, 2.45) is 5.41 Å². The summed E-state index contributed by atoms with van der Waals surface area (Å²) in [7, 11) is 1.78. The van der Waals surface area contributed by atoms with E-state index in [2.05, 4.69) is 10.6 Å². The molecule has 0 bridgehead atoms. The van der Waals surface area contributed by atoms with Crippen LogP contribution < -0.4 is 10.6 Å². The molecule has 2 atom stereocenters. The van der Waals surface area contributed by atoms with Crippen LogP contribution in [0.3, 0.4) is 0 Å². The first-order valence-electron chi connectivity index (χ1n) is 6.27. The van der Waals surface area contributed by atoms with Crippen molar-refractivity contribution < 1.29 is 9.59 Å². The van der Waals surface area contributed by atoms with E-state index < -0.39 is 0 Å². The van der Waals surface area contributed by atoms with Gasteiger partial charge in [0, 0.05) is 26.6 Å². The number of likely N-dealkylation sites (tertiary alicyclic amines) is 1. The van der Waals surface area contributed by atoms with Crippen LogP contribution in [0.1, 0.15) is 26.2 Å². The second kappa shape index (κ2) is 5.89. The van der Waals surface area contributed by atoms with Gasteiger partial charge in [0.1, 0.15) is 0 Å². The van der Waals surface area contributed by atoms with Gasteiger partial charge in [-0.3, -0.25) is 9.59 Å². The lowest BCUT2D eigenvalue weighted by molar-refractivity contribution is -0.131. The molecule has 2 saturated heterocycles. The van der Waals surface area contributed by atoms with Crippen LogP contribution in [0.25, 0.3) is 0 Å². The Labute approximate surface area is 114 Å². The Kier molecular flexibility index (Phi) is 4.99. The van der Waals surface area contributed by atoms with E-state index in [4.69, 9.17) is 0 Å². The van der Waals surface area contributed by atoms with Crippen molar-refractivity contribution in [3.8, 4) is 0 Å². The van der Waals surface area contributed by atoms with Gasteiger partial charge >= 0.3 is 0 Å². The molecule has 104 valence electrons. The van der Waals surface area contributed by atoms with Crippen LogP contribution in [-0.4, -0.2) is 49.4 Å². The van der Waals surface area contributed by atoms with Gasteiger partial charge in [-0.1, -0.05) is 0 Å². The SMILES string of the molecule is CN1CC(NC(=O)C2(C)CCCNC2)CC1=O.Cl. The third kappa shape index (κ3) is 3.14. The van der Waals surface area contributed by atoms with Gasteiger partial charge in [0.05, 0.1) is 11.5 Å². The lowest BCUT2D eigenvalue weighted by Crippen LogP contribution is -2.51. The zero-order valence-corrected chi connectivity index (χ0v) is 11.8. The van der Waals surface area contributed by atoms with Gasteiger partial charge < -0.3 is 15.5 Å². The summed E-state index contributed by atoms with van der Waals surface area (Å²) >= 11 is 0. The maximum absolute atomic E-state index is 12.2. The number of rotatable bonds is 2. The summed E-state index contributed by atoms with van der Waals surface area (Å²) < 4.78 is 0. The van der Waals surface area contributed by atoms with Gasteiger partial charge in [-0.2, -0.15) is 0 Å². The van der Waals surface area contributed by atoms with E-state index in [9.17, 15) is 9.59 Å². The van der Waals surface area contributed by atoms with E-state index in [1.54, 1.807) is 11.9 Å². The van der Waals surface area contributed by atoms with Gasteiger partial charge in [-0.25, -0.2) is 0 Å². The summed E-state index contributed by atoms with van der Waals surface area (Å²) in [6, 6.07) is -0.0150. The molecule has 2 amide bonds. The molecule has 0 aromatic heterocycles. The lowest BCUT2D eigenvalue weighted by Gasteiger charge is -2.33. The molecule has 6 heteroatoms. The minimum Gasteiger partial charge on any atom is -0.351 e. The highest BCUT2D eigenvalue weighted by Crippen LogP contribution is 2.26. The Bertz CT molecular complexity index is 329. The smallest absolute Gasteiger partial charge is 0.227 e. The molecule has 0 aromatic carbocycles. The van der Waals surface area contributed by atoms with Crippen molar-refractivity contribution in [1.82, 2.24) is 15.5 Å². The normalized spacial score (nSPS) is 32.0. The van der Waals surface area contributed by atoms with Crippen LogP contribution in [0, 0.1) is 5.41 Å². The van der Waals surface area contributed by atoms with E-state index >= 15 is 0 Å². The summed E-state index contributed by atoms with van der Waals surface area (Å²) in [4.78, 5) is 25.3. The molecule has 0 aliphatic carbocycles. The Morgan fingerprint density at radius 1 is 1.56 bits per heavy atom. The summed E-state index contributed by atoms with van der Waals surface area (Å²) in [5.74, 6) is 0.194. The Hall–Kier alpha value is -0.810. The highest BCUT2D eigenvalue weighted by atomic mass is 35.5. The summed E-state index contributed by atoms with van der Waals surface area (Å²) in [5.41, 5.74) is -0.317. The van der Waals surface area contributed by atoms with Crippen LogP contribution in [0.5, 0.6) is 0 Å². The number of amides is 2. The highest BCUT2D eigenvalue weighted by Gasteiger charge is 2.37. The molecule has 0 spiro atoms. The maximum atomic E-state index is 12.2. The molecule has 18 heavy (non-hydrogen) atoms. The second-order valence-electron chi connectivity index (χ2n) is 5.49. The van der Waals surface area contributed by atoms with Crippen LogP contribution >= 0.6 is 12.4 Å². The van der Waals surface area contributed by atoms with Crippen LogP contribution in [0.4, 0.5) is 0 Å². The Balaban J connectivity index is 0.00000162. The third-order valence-corrected chi connectivity index (χ3v) is 3.82. The van der Waals surface area contributed by atoms with Crippen LogP contribution in [-0.2, 0) is 9.59 Å². The van der Waals surface area contributed by atoms with Crippen molar-refractivity contribution in [1.29, 1.82) is 0 Å². The van der Waals surface area contributed by atoms with Crippen molar-refractivity contribution in [2.75, 3.05) is 26.7 Å². The predicted molar refractivity (Wildman–Crippen MR) is 71.6 cm³/mol. The molecule has 2 aliphatic heterocycles. The van der Waals surface area contributed by atoms with E-state index in [0.29, 0.717) is 13.0 Å². The average molecular weight is 276 g/mol. The number of piperidine rings is 1. The van der Waals surface area contributed by atoms with E-state index in [0.717, 1.165) is 25.9 Å². The molecule has 2 unspecified atom stereocenters. The number of carbonyl (C=O) groups is 2. The predicted octanol–water partition coefficient (Wildman–Crippen LogP) is 0.145. The van der Waals surface area contributed by atoms with Crippen molar-refractivity contribution in [3.05, 3.63) is 0 Å². The average Bonchev–Trinajstić information content (AvgIpc) is 2.59. The molecule has 2 rings (SSSR count). The Morgan fingerprint density at radius 3 is 2.78 bits per heavy atom. The van der Waals surface area contributed by atoms with Gasteiger partial charge in [-0.05, 0) is 26.3 Å². The fourth-order valence-electron chi connectivity index (χ4n) is 2.57. The zero-order valence-electron chi connectivity index (χ0n) is 11.0. The highest BCUT2D eigenvalue weighted by molar-refractivity contribution is 5.85. The molecule has 2 fully saturated rings. The fraction of sp³-hybridized carbons (Fsp3) is 0.833. The number of carbonyl (C=O) groups excluding carboxylic acids is 2. The number of nitrogens with zero attached hydrogens (tertiary/aromatic N) is 1. The molecule has 2 aliphatic rings. The topological polar surface area (TPSA) is 61.4 Å². The molecule has 0 aromatic rings. The monoisotopic (exact) mass is 275 g/mol. The molecule has 0 radical (unpaired) electrons. The van der Waals surface area contributed by atoms with Gasteiger partial charge in [0.15, 0.2) is 0 Å². The summed E-state index contributed by atoms with van der Waals surface area (Å²) in [6.07, 6.45) is 2.39. The minimum absolute atomic E-state index is 0. The fourth-order valence-corrected chi connectivity index (χ4v) is 2.57. The van der Waals surface area contributed by atoms with Gasteiger partial charge in [0.2, 0.25) is 11.8 Å². The second-order valence-corrected chi connectivity index (χ2v) is 5.49. The molecule has 2 heterocycles. The van der Waals surface area contributed by atoms with Gasteiger partial charge in [-0.15, -0.1) is 12.4 Å². The number of hydrogen-bond acceptors (Lipinski definition) is 3. The molecule has 2 N–H and O–H groups in total.